The van der Waals surface area contributed by atoms with Crippen molar-refractivity contribution in [1.29, 1.82) is 0 Å². The van der Waals surface area contributed by atoms with Crippen molar-refractivity contribution < 1.29 is 18.3 Å². The van der Waals surface area contributed by atoms with Crippen molar-refractivity contribution in [3.8, 4) is 0 Å². The summed E-state index contributed by atoms with van der Waals surface area (Å²) in [7, 11) is -3.33. The Morgan fingerprint density at radius 1 is 0.643 bits per heavy atom. The van der Waals surface area contributed by atoms with Crippen molar-refractivity contribution in [2.75, 3.05) is 13.2 Å². The lowest BCUT2D eigenvalue weighted by atomic mass is 10.2. The standard InChI is InChI=1S/C22H44O4Si2/c1-21(2,3)27(7,8)23-15-19-17(25-19)13-11-12-14-18-20(26-18)16-24-28(9,10)22(4,5)6/h11-12,17-20H,13-16H2,1-10H3/b12-11+/t17-,18-,19-,20-/m1/s1. The van der Waals surface area contributed by atoms with Crippen LogP contribution in [0.1, 0.15) is 54.4 Å². The molecule has 4 atom stereocenters. The molecule has 0 saturated carbocycles. The minimum Gasteiger partial charge on any atom is -0.414 e. The summed E-state index contributed by atoms with van der Waals surface area (Å²) < 4.78 is 24.1. The van der Waals surface area contributed by atoms with E-state index in [1.807, 2.05) is 0 Å². The molecular formula is C22H44O4Si2. The van der Waals surface area contributed by atoms with Gasteiger partial charge >= 0.3 is 0 Å². The second-order valence-electron chi connectivity index (χ2n) is 11.5. The molecule has 164 valence electrons. The zero-order chi connectivity index (χ0) is 21.4. The zero-order valence-corrected chi connectivity index (χ0v) is 21.9. The van der Waals surface area contributed by atoms with E-state index < -0.39 is 16.6 Å². The molecule has 0 aliphatic carbocycles. The smallest absolute Gasteiger partial charge is 0.192 e. The predicted octanol–water partition coefficient (Wildman–Crippen LogP) is 5.90. The van der Waals surface area contributed by atoms with Crippen molar-refractivity contribution in [1.82, 2.24) is 0 Å². The Morgan fingerprint density at radius 3 is 1.25 bits per heavy atom. The van der Waals surface area contributed by atoms with Crippen molar-refractivity contribution >= 4 is 16.6 Å². The molecule has 4 nitrogen and oxygen atoms in total. The van der Waals surface area contributed by atoms with Crippen LogP contribution in [0, 0.1) is 0 Å². The molecule has 0 unspecified atom stereocenters. The summed E-state index contributed by atoms with van der Waals surface area (Å²) in [6.45, 7) is 24.3. The summed E-state index contributed by atoms with van der Waals surface area (Å²) in [5.41, 5.74) is 0. The molecule has 0 bridgehead atoms. The summed E-state index contributed by atoms with van der Waals surface area (Å²) in [4.78, 5) is 0. The number of ether oxygens (including phenoxy) is 2. The molecule has 0 aromatic heterocycles. The zero-order valence-electron chi connectivity index (χ0n) is 19.9. The lowest BCUT2D eigenvalue weighted by Gasteiger charge is -2.36. The van der Waals surface area contributed by atoms with Crippen molar-refractivity contribution in [2.45, 2.75) is 115 Å². The van der Waals surface area contributed by atoms with Crippen LogP contribution in [0.25, 0.3) is 0 Å². The van der Waals surface area contributed by atoms with E-state index in [-0.39, 0.29) is 22.3 Å². The molecule has 0 aromatic carbocycles. The SMILES string of the molecule is CC(C)(C)[Si](C)(C)OC[C@H]1O[C@@H]1C/C=C/C[C@H]1O[C@@H]1CO[Si](C)(C)C(C)(C)C. The van der Waals surface area contributed by atoms with Crippen LogP contribution in [0.3, 0.4) is 0 Å². The molecule has 2 saturated heterocycles. The second-order valence-corrected chi connectivity index (χ2v) is 21.1. The Kier molecular flexibility index (Phi) is 7.49. The second kappa shape index (κ2) is 8.63. The molecule has 2 aliphatic heterocycles. The Morgan fingerprint density at radius 2 is 0.964 bits per heavy atom. The predicted molar refractivity (Wildman–Crippen MR) is 122 cm³/mol. The van der Waals surface area contributed by atoms with Gasteiger partial charge in [-0.25, -0.2) is 0 Å². The van der Waals surface area contributed by atoms with Crippen molar-refractivity contribution in [3.63, 3.8) is 0 Å². The van der Waals surface area contributed by atoms with E-state index >= 15 is 0 Å². The average Bonchev–Trinajstić information content (AvgIpc) is 3.42. The van der Waals surface area contributed by atoms with Crippen LogP contribution in [0.15, 0.2) is 12.2 Å². The molecular weight excluding hydrogens is 384 g/mol. The molecule has 0 amide bonds. The number of hydrogen-bond donors (Lipinski definition) is 0. The Balaban J connectivity index is 1.57. The van der Waals surface area contributed by atoms with Crippen LogP contribution in [0.4, 0.5) is 0 Å². The molecule has 0 spiro atoms. The third kappa shape index (κ3) is 6.78. The fourth-order valence-corrected chi connectivity index (χ4v) is 4.57. The van der Waals surface area contributed by atoms with Gasteiger partial charge in [-0.1, -0.05) is 53.7 Å². The summed E-state index contributed by atoms with van der Waals surface area (Å²) in [6, 6.07) is 0. The Bertz CT molecular complexity index is 498. The van der Waals surface area contributed by atoms with Crippen molar-refractivity contribution in [3.05, 3.63) is 12.2 Å². The summed E-state index contributed by atoms with van der Waals surface area (Å²) >= 11 is 0. The quantitative estimate of drug-likeness (QED) is 0.247. The largest absolute Gasteiger partial charge is 0.414 e. The Hall–Kier alpha value is 0.0138. The van der Waals surface area contributed by atoms with Gasteiger partial charge in [-0.15, -0.1) is 0 Å². The van der Waals surface area contributed by atoms with E-state index in [1.54, 1.807) is 0 Å². The van der Waals surface area contributed by atoms with Crippen LogP contribution in [0.2, 0.25) is 36.3 Å². The fourth-order valence-electron chi connectivity index (χ4n) is 2.54. The van der Waals surface area contributed by atoms with E-state index in [0.717, 1.165) is 26.1 Å². The van der Waals surface area contributed by atoms with Crippen LogP contribution in [-0.2, 0) is 18.3 Å². The van der Waals surface area contributed by atoms with Gasteiger partial charge in [-0.3, -0.25) is 0 Å². The highest BCUT2D eigenvalue weighted by Gasteiger charge is 2.44. The van der Waals surface area contributed by atoms with Gasteiger partial charge in [0.2, 0.25) is 0 Å². The molecule has 2 aliphatic rings. The van der Waals surface area contributed by atoms with Gasteiger partial charge in [0.25, 0.3) is 0 Å². The maximum atomic E-state index is 6.25. The lowest BCUT2D eigenvalue weighted by molar-refractivity contribution is 0.241. The third-order valence-electron chi connectivity index (χ3n) is 7.11. The number of hydrogen-bond acceptors (Lipinski definition) is 4. The van der Waals surface area contributed by atoms with E-state index in [9.17, 15) is 0 Å². The highest BCUT2D eigenvalue weighted by atomic mass is 28.4. The Labute approximate surface area is 175 Å². The topological polar surface area (TPSA) is 43.5 Å². The maximum absolute atomic E-state index is 6.25. The van der Waals surface area contributed by atoms with Crippen LogP contribution in [-0.4, -0.2) is 54.3 Å². The number of epoxide rings is 2. The highest BCUT2D eigenvalue weighted by Crippen LogP contribution is 2.39. The first kappa shape index (κ1) is 24.3. The van der Waals surface area contributed by atoms with E-state index in [2.05, 4.69) is 79.9 Å². The minimum absolute atomic E-state index is 0.256. The number of rotatable bonds is 10. The van der Waals surface area contributed by atoms with Gasteiger partial charge in [-0.05, 0) is 49.1 Å². The van der Waals surface area contributed by atoms with Gasteiger partial charge in [0.1, 0.15) is 12.2 Å². The van der Waals surface area contributed by atoms with E-state index in [1.165, 1.54) is 0 Å². The van der Waals surface area contributed by atoms with Crippen LogP contribution in [0.5, 0.6) is 0 Å². The van der Waals surface area contributed by atoms with E-state index in [0.29, 0.717) is 12.2 Å². The first-order valence-electron chi connectivity index (χ1n) is 10.9. The van der Waals surface area contributed by atoms with Gasteiger partial charge in [0, 0.05) is 0 Å². The monoisotopic (exact) mass is 428 g/mol. The van der Waals surface area contributed by atoms with Gasteiger partial charge in [-0.2, -0.15) is 0 Å². The first-order valence-corrected chi connectivity index (χ1v) is 16.7. The summed E-state index contributed by atoms with van der Waals surface area (Å²) in [5.74, 6) is 0. The lowest BCUT2D eigenvalue weighted by Crippen LogP contribution is -2.41. The average molecular weight is 429 g/mol. The van der Waals surface area contributed by atoms with Crippen LogP contribution < -0.4 is 0 Å². The normalized spacial score (nSPS) is 28.8. The first-order chi connectivity index (χ1) is 12.6. The van der Waals surface area contributed by atoms with Crippen LogP contribution >= 0.6 is 0 Å². The highest BCUT2D eigenvalue weighted by molar-refractivity contribution is 6.74. The molecule has 28 heavy (non-hydrogen) atoms. The fraction of sp³-hybridized carbons (Fsp3) is 0.909. The summed E-state index contributed by atoms with van der Waals surface area (Å²) in [5, 5.41) is 0.513. The molecule has 2 heterocycles. The molecule has 2 rings (SSSR count). The summed E-state index contributed by atoms with van der Waals surface area (Å²) in [6.07, 6.45) is 7.66. The molecule has 0 radical (unpaired) electrons. The molecule has 6 heteroatoms. The van der Waals surface area contributed by atoms with Gasteiger partial charge in [0.05, 0.1) is 25.4 Å². The van der Waals surface area contributed by atoms with Gasteiger partial charge in [0.15, 0.2) is 16.6 Å². The molecule has 0 aromatic rings. The minimum atomic E-state index is -1.67. The third-order valence-corrected chi connectivity index (χ3v) is 16.1. The maximum Gasteiger partial charge on any atom is 0.192 e. The molecule has 2 fully saturated rings. The van der Waals surface area contributed by atoms with Gasteiger partial charge < -0.3 is 18.3 Å². The van der Waals surface area contributed by atoms with E-state index in [4.69, 9.17) is 18.3 Å². The van der Waals surface area contributed by atoms with Crippen molar-refractivity contribution in [2.24, 2.45) is 0 Å². The molecule has 0 N–H and O–H groups in total.